The minimum absolute atomic E-state index is 0.0559. The summed E-state index contributed by atoms with van der Waals surface area (Å²) in [6.45, 7) is 3.27. The summed E-state index contributed by atoms with van der Waals surface area (Å²) in [5.41, 5.74) is 6.10. The van der Waals surface area contributed by atoms with E-state index < -0.39 is 23.6 Å². The number of benzene rings is 1. The number of rotatable bonds is 5. The highest BCUT2D eigenvalue weighted by molar-refractivity contribution is 5.92. The first kappa shape index (κ1) is 22.5. The van der Waals surface area contributed by atoms with Gasteiger partial charge in [-0.15, -0.1) is 0 Å². The molecule has 3 N–H and O–H groups in total. The Morgan fingerprint density at radius 2 is 2.00 bits per heavy atom. The highest BCUT2D eigenvalue weighted by Gasteiger charge is 2.33. The largest absolute Gasteiger partial charge is 0.433 e. The number of halogens is 4. The number of hydrogen-bond donors (Lipinski definition) is 2. The van der Waals surface area contributed by atoms with Gasteiger partial charge in [0.2, 0.25) is 5.91 Å². The van der Waals surface area contributed by atoms with Gasteiger partial charge in [0.15, 0.2) is 0 Å². The van der Waals surface area contributed by atoms with Crippen LogP contribution in [-0.4, -0.2) is 37.2 Å². The third-order valence-electron chi connectivity index (χ3n) is 4.78. The number of alkyl halides is 3. The van der Waals surface area contributed by atoms with Crippen LogP contribution in [0.4, 0.5) is 29.1 Å². The van der Waals surface area contributed by atoms with Crippen LogP contribution in [0.15, 0.2) is 30.3 Å². The molecule has 2 heterocycles. The zero-order valence-electron chi connectivity index (χ0n) is 16.8. The number of amides is 1. The number of aryl methyl sites for hydroxylation is 1. The highest BCUT2D eigenvalue weighted by atomic mass is 19.4. The summed E-state index contributed by atoms with van der Waals surface area (Å²) in [4.78, 5) is 17.7. The molecule has 3 rings (SSSR count). The lowest BCUT2D eigenvalue weighted by molar-refractivity contribution is -0.141. The molecule has 1 aromatic heterocycles. The SMILES string of the molecule is Cc1cc(CNC(=O)/C=C/c2ccc(C(F)(F)F)nc2N2CCOCC2)cc(F)c1N. The van der Waals surface area contributed by atoms with Crippen molar-refractivity contribution < 1.29 is 27.1 Å². The van der Waals surface area contributed by atoms with E-state index in [-0.39, 0.29) is 18.1 Å². The van der Waals surface area contributed by atoms with Crippen LogP contribution in [0.25, 0.3) is 6.08 Å². The van der Waals surface area contributed by atoms with E-state index in [1.165, 1.54) is 24.3 Å². The van der Waals surface area contributed by atoms with E-state index in [1.54, 1.807) is 17.9 Å². The van der Waals surface area contributed by atoms with Crippen LogP contribution in [0, 0.1) is 12.7 Å². The van der Waals surface area contributed by atoms with Crippen LogP contribution < -0.4 is 16.0 Å². The van der Waals surface area contributed by atoms with Crippen molar-refractivity contribution in [2.75, 3.05) is 36.9 Å². The number of carbonyl (C=O) groups excluding carboxylic acids is 1. The van der Waals surface area contributed by atoms with Gasteiger partial charge in [0, 0.05) is 31.3 Å². The van der Waals surface area contributed by atoms with Crippen molar-refractivity contribution in [2.24, 2.45) is 0 Å². The van der Waals surface area contributed by atoms with Gasteiger partial charge in [0.1, 0.15) is 17.3 Å². The Kier molecular flexibility index (Phi) is 6.79. The summed E-state index contributed by atoms with van der Waals surface area (Å²) < 4.78 is 58.3. The van der Waals surface area contributed by atoms with Gasteiger partial charge in [0.25, 0.3) is 0 Å². The number of aromatic nitrogens is 1. The topological polar surface area (TPSA) is 80.5 Å². The predicted octanol–water partition coefficient (Wildman–Crippen LogP) is 3.30. The molecule has 0 spiro atoms. The Bertz CT molecular complexity index is 963. The lowest BCUT2D eigenvalue weighted by atomic mass is 10.1. The summed E-state index contributed by atoms with van der Waals surface area (Å²) in [6, 6.07) is 5.06. The number of ether oxygens (including phenoxy) is 1. The van der Waals surface area contributed by atoms with E-state index >= 15 is 0 Å². The Hall–Kier alpha value is -3.14. The lowest BCUT2D eigenvalue weighted by Gasteiger charge is -2.29. The molecule has 1 aromatic carbocycles. The van der Waals surface area contributed by atoms with Crippen LogP contribution >= 0.6 is 0 Å². The second-order valence-corrected chi connectivity index (χ2v) is 7.07. The Morgan fingerprint density at radius 3 is 2.65 bits per heavy atom. The zero-order chi connectivity index (χ0) is 22.6. The van der Waals surface area contributed by atoms with Gasteiger partial charge in [-0.25, -0.2) is 9.37 Å². The number of nitrogen functional groups attached to an aromatic ring is 1. The molecule has 0 atom stereocenters. The number of morpholine rings is 1. The molecule has 0 saturated carbocycles. The zero-order valence-corrected chi connectivity index (χ0v) is 16.8. The van der Waals surface area contributed by atoms with Crippen molar-refractivity contribution in [2.45, 2.75) is 19.6 Å². The monoisotopic (exact) mass is 438 g/mol. The first-order valence-corrected chi connectivity index (χ1v) is 9.56. The minimum Gasteiger partial charge on any atom is -0.396 e. The van der Waals surface area contributed by atoms with Gasteiger partial charge in [0.05, 0.1) is 18.9 Å². The summed E-state index contributed by atoms with van der Waals surface area (Å²) >= 11 is 0. The summed E-state index contributed by atoms with van der Waals surface area (Å²) in [6.07, 6.45) is -1.97. The first-order valence-electron chi connectivity index (χ1n) is 9.56. The van der Waals surface area contributed by atoms with E-state index in [4.69, 9.17) is 10.5 Å². The van der Waals surface area contributed by atoms with Gasteiger partial charge >= 0.3 is 6.18 Å². The average Bonchev–Trinajstić information content (AvgIpc) is 2.74. The van der Waals surface area contributed by atoms with Crippen LogP contribution in [0.3, 0.4) is 0 Å². The maximum absolute atomic E-state index is 13.7. The fourth-order valence-corrected chi connectivity index (χ4v) is 3.12. The van der Waals surface area contributed by atoms with Crippen molar-refractivity contribution in [3.05, 3.63) is 58.5 Å². The molecule has 0 aliphatic carbocycles. The Labute approximate surface area is 176 Å². The Balaban J connectivity index is 1.75. The number of anilines is 2. The first-order chi connectivity index (χ1) is 14.6. The maximum atomic E-state index is 13.7. The molecular weight excluding hydrogens is 416 g/mol. The predicted molar refractivity (Wildman–Crippen MR) is 109 cm³/mol. The van der Waals surface area contributed by atoms with Crippen LogP contribution in [-0.2, 0) is 22.3 Å². The fourth-order valence-electron chi connectivity index (χ4n) is 3.12. The van der Waals surface area contributed by atoms with Gasteiger partial charge in [-0.3, -0.25) is 4.79 Å². The standard InChI is InChI=1S/C21H22F4N4O2/c1-13-10-14(11-16(22)19(13)26)12-27-18(30)5-3-15-2-4-17(21(23,24)25)28-20(15)29-6-8-31-9-7-29/h2-5,10-11H,6-9,12,26H2,1H3,(H,27,30)/b5-3+. The molecule has 1 amide bonds. The highest BCUT2D eigenvalue weighted by Crippen LogP contribution is 2.31. The van der Waals surface area contributed by atoms with Gasteiger partial charge in [-0.2, -0.15) is 13.2 Å². The quantitative estimate of drug-likeness (QED) is 0.426. The smallest absolute Gasteiger partial charge is 0.396 e. The summed E-state index contributed by atoms with van der Waals surface area (Å²) in [7, 11) is 0. The Morgan fingerprint density at radius 1 is 1.29 bits per heavy atom. The number of carbonyl (C=O) groups is 1. The van der Waals surface area contributed by atoms with E-state index in [1.807, 2.05) is 0 Å². The third kappa shape index (κ3) is 5.72. The van der Waals surface area contributed by atoms with E-state index in [9.17, 15) is 22.4 Å². The number of nitrogens with two attached hydrogens (primary N) is 1. The van der Waals surface area contributed by atoms with Crippen molar-refractivity contribution in [3.8, 4) is 0 Å². The van der Waals surface area contributed by atoms with Crippen molar-refractivity contribution in [1.29, 1.82) is 0 Å². The van der Waals surface area contributed by atoms with Crippen LogP contribution in [0.2, 0.25) is 0 Å². The van der Waals surface area contributed by atoms with Gasteiger partial charge in [-0.1, -0.05) is 6.07 Å². The number of nitrogens with one attached hydrogen (secondary N) is 1. The minimum atomic E-state index is -4.58. The van der Waals surface area contributed by atoms with Crippen LogP contribution in [0.1, 0.15) is 22.4 Å². The molecule has 1 saturated heterocycles. The number of hydrogen-bond acceptors (Lipinski definition) is 5. The molecule has 0 unspecified atom stereocenters. The van der Waals surface area contributed by atoms with Gasteiger partial charge < -0.3 is 20.7 Å². The second kappa shape index (κ2) is 9.34. The number of pyridine rings is 1. The maximum Gasteiger partial charge on any atom is 0.433 e. The van der Waals surface area contributed by atoms with E-state index in [0.29, 0.717) is 43.0 Å². The fraction of sp³-hybridized carbons (Fsp3) is 0.333. The van der Waals surface area contributed by atoms with Crippen molar-refractivity contribution in [3.63, 3.8) is 0 Å². The molecule has 1 aliphatic rings. The number of nitrogens with zero attached hydrogens (tertiary/aromatic N) is 2. The molecule has 10 heteroatoms. The molecule has 6 nitrogen and oxygen atoms in total. The molecule has 0 radical (unpaired) electrons. The molecule has 31 heavy (non-hydrogen) atoms. The average molecular weight is 438 g/mol. The lowest BCUT2D eigenvalue weighted by Crippen LogP contribution is -2.37. The third-order valence-corrected chi connectivity index (χ3v) is 4.78. The molecule has 2 aromatic rings. The molecule has 1 aliphatic heterocycles. The molecular formula is C21H22F4N4O2. The van der Waals surface area contributed by atoms with Gasteiger partial charge in [-0.05, 0) is 42.3 Å². The van der Waals surface area contributed by atoms with Crippen LogP contribution in [0.5, 0.6) is 0 Å². The van der Waals surface area contributed by atoms with Crippen molar-refractivity contribution in [1.82, 2.24) is 10.3 Å². The summed E-state index contributed by atoms with van der Waals surface area (Å²) in [5, 5.41) is 2.61. The van der Waals surface area contributed by atoms with Crippen molar-refractivity contribution >= 4 is 23.5 Å². The summed E-state index contributed by atoms with van der Waals surface area (Å²) in [5.74, 6) is -0.910. The van der Waals surface area contributed by atoms with E-state index in [0.717, 1.165) is 6.07 Å². The molecule has 0 bridgehead atoms. The molecule has 166 valence electrons. The normalized spacial score (nSPS) is 14.8. The second-order valence-electron chi connectivity index (χ2n) is 7.07. The van der Waals surface area contributed by atoms with E-state index in [2.05, 4.69) is 10.3 Å². The molecule has 1 fully saturated rings.